The van der Waals surface area contributed by atoms with Crippen molar-refractivity contribution < 1.29 is 0 Å². The first-order chi connectivity index (χ1) is 10.1. The lowest BCUT2D eigenvalue weighted by atomic mass is 9.81. The van der Waals surface area contributed by atoms with Gasteiger partial charge >= 0.3 is 0 Å². The van der Waals surface area contributed by atoms with Gasteiger partial charge in [0.05, 0.1) is 0 Å². The van der Waals surface area contributed by atoms with Crippen LogP contribution < -0.4 is 5.32 Å². The predicted molar refractivity (Wildman–Crippen MR) is 89.3 cm³/mol. The van der Waals surface area contributed by atoms with Gasteiger partial charge in [0.25, 0.3) is 0 Å². The van der Waals surface area contributed by atoms with Crippen LogP contribution >= 0.6 is 0 Å². The molecule has 2 aliphatic rings. The Morgan fingerprint density at radius 3 is 2.38 bits per heavy atom. The van der Waals surface area contributed by atoms with E-state index in [0.29, 0.717) is 11.1 Å². The van der Waals surface area contributed by atoms with E-state index in [-0.39, 0.29) is 0 Å². The zero-order valence-corrected chi connectivity index (χ0v) is 13.9. The first kappa shape index (κ1) is 15.1. The summed E-state index contributed by atoms with van der Waals surface area (Å²) in [6, 6.07) is 11.0. The van der Waals surface area contributed by atoms with Gasteiger partial charge in [0, 0.05) is 30.7 Å². The van der Waals surface area contributed by atoms with Crippen LogP contribution in [0.4, 0.5) is 0 Å². The fourth-order valence-electron chi connectivity index (χ4n) is 4.07. The van der Waals surface area contributed by atoms with Crippen LogP contribution in [-0.4, -0.2) is 29.1 Å². The summed E-state index contributed by atoms with van der Waals surface area (Å²) in [7, 11) is 0. The summed E-state index contributed by atoms with van der Waals surface area (Å²) in [4.78, 5) is 2.77. The Morgan fingerprint density at radius 2 is 1.81 bits per heavy atom. The average molecular weight is 286 g/mol. The maximum absolute atomic E-state index is 3.92. The fourth-order valence-corrected chi connectivity index (χ4v) is 4.07. The number of nitrogens with zero attached hydrogens (tertiary/aromatic N) is 1. The van der Waals surface area contributed by atoms with E-state index in [9.17, 15) is 0 Å². The first-order valence-corrected chi connectivity index (χ1v) is 8.66. The molecule has 116 valence electrons. The molecule has 3 rings (SSSR count). The topological polar surface area (TPSA) is 15.3 Å². The van der Waals surface area contributed by atoms with Gasteiger partial charge in [-0.25, -0.2) is 0 Å². The van der Waals surface area contributed by atoms with Crippen molar-refractivity contribution in [3.63, 3.8) is 0 Å². The highest BCUT2D eigenvalue weighted by atomic mass is 15.3. The molecule has 21 heavy (non-hydrogen) atoms. The molecule has 2 heteroatoms. The molecule has 1 saturated carbocycles. The lowest BCUT2D eigenvalue weighted by Crippen LogP contribution is -2.69. The highest BCUT2D eigenvalue weighted by Gasteiger charge is 2.49. The molecule has 1 N–H and O–H groups in total. The van der Waals surface area contributed by atoms with Crippen LogP contribution in [0.15, 0.2) is 30.3 Å². The zero-order valence-electron chi connectivity index (χ0n) is 13.9. The Bertz CT molecular complexity index is 462. The largest absolute Gasteiger partial charge is 0.308 e. The Balaban J connectivity index is 1.82. The summed E-state index contributed by atoms with van der Waals surface area (Å²) in [5, 5.41) is 3.92. The summed E-state index contributed by atoms with van der Waals surface area (Å²) < 4.78 is 0. The van der Waals surface area contributed by atoms with Gasteiger partial charge in [-0.2, -0.15) is 0 Å². The van der Waals surface area contributed by atoms with Crippen molar-refractivity contribution in [1.82, 2.24) is 10.2 Å². The maximum Gasteiger partial charge on any atom is 0.0333 e. The number of nitrogens with one attached hydrogen (secondary N) is 1. The van der Waals surface area contributed by atoms with Gasteiger partial charge in [-0.15, -0.1) is 0 Å². The van der Waals surface area contributed by atoms with Crippen molar-refractivity contribution in [2.75, 3.05) is 13.1 Å². The molecular formula is C19H30N2. The average Bonchev–Trinajstić information content (AvgIpc) is 3.35. The highest BCUT2D eigenvalue weighted by molar-refractivity contribution is 5.17. The molecule has 1 saturated heterocycles. The van der Waals surface area contributed by atoms with E-state index in [1.807, 2.05) is 0 Å². The summed E-state index contributed by atoms with van der Waals surface area (Å²) in [5.74, 6) is 0.891. The minimum atomic E-state index is 0.322. The molecule has 0 spiro atoms. The number of hydrogen-bond donors (Lipinski definition) is 1. The van der Waals surface area contributed by atoms with Gasteiger partial charge in [0.2, 0.25) is 0 Å². The zero-order chi connectivity index (χ0) is 14.9. The SMILES string of the molecule is CCC1(CC)CNC(C)(C2CC2)CN1Cc1ccccc1. The Morgan fingerprint density at radius 1 is 1.14 bits per heavy atom. The molecule has 0 amide bonds. The van der Waals surface area contributed by atoms with Crippen LogP contribution in [0.25, 0.3) is 0 Å². The third-order valence-corrected chi connectivity index (χ3v) is 6.02. The molecule has 1 aliphatic heterocycles. The van der Waals surface area contributed by atoms with E-state index in [0.717, 1.165) is 19.0 Å². The molecule has 0 bridgehead atoms. The van der Waals surface area contributed by atoms with Gasteiger partial charge in [0.1, 0.15) is 0 Å². The van der Waals surface area contributed by atoms with E-state index in [1.165, 1.54) is 37.8 Å². The van der Waals surface area contributed by atoms with E-state index in [4.69, 9.17) is 0 Å². The van der Waals surface area contributed by atoms with E-state index in [2.05, 4.69) is 61.3 Å². The Hall–Kier alpha value is -0.860. The smallest absolute Gasteiger partial charge is 0.0333 e. The van der Waals surface area contributed by atoms with Gasteiger partial charge in [0.15, 0.2) is 0 Å². The van der Waals surface area contributed by atoms with Gasteiger partial charge < -0.3 is 5.32 Å². The summed E-state index contributed by atoms with van der Waals surface area (Å²) in [5.41, 5.74) is 2.09. The summed E-state index contributed by atoms with van der Waals surface area (Å²) in [6.07, 6.45) is 5.27. The van der Waals surface area contributed by atoms with Crippen LogP contribution in [0.3, 0.4) is 0 Å². The number of piperazine rings is 1. The number of benzene rings is 1. The van der Waals surface area contributed by atoms with Crippen LogP contribution in [-0.2, 0) is 6.54 Å². The molecule has 1 atom stereocenters. The second-order valence-corrected chi connectivity index (χ2v) is 7.32. The van der Waals surface area contributed by atoms with E-state index in [1.54, 1.807) is 0 Å². The monoisotopic (exact) mass is 286 g/mol. The quantitative estimate of drug-likeness (QED) is 0.885. The standard InChI is InChI=1S/C19H30N2/c1-4-19(5-2)14-20-18(3,17-11-12-17)15-21(19)13-16-9-7-6-8-10-16/h6-10,17,20H,4-5,11-15H2,1-3H3. The van der Waals surface area contributed by atoms with Crippen LogP contribution in [0.5, 0.6) is 0 Å². The lowest BCUT2D eigenvalue weighted by molar-refractivity contribution is -0.00970. The van der Waals surface area contributed by atoms with E-state index < -0.39 is 0 Å². The molecule has 2 fully saturated rings. The van der Waals surface area contributed by atoms with Crippen molar-refractivity contribution in [3.05, 3.63) is 35.9 Å². The van der Waals surface area contributed by atoms with Gasteiger partial charge in [-0.1, -0.05) is 44.2 Å². The normalized spacial score (nSPS) is 29.5. The second-order valence-electron chi connectivity index (χ2n) is 7.32. The number of rotatable bonds is 5. The first-order valence-electron chi connectivity index (χ1n) is 8.66. The van der Waals surface area contributed by atoms with Crippen molar-refractivity contribution in [1.29, 1.82) is 0 Å². The minimum Gasteiger partial charge on any atom is -0.308 e. The Labute approximate surface area is 129 Å². The lowest BCUT2D eigenvalue weighted by Gasteiger charge is -2.54. The van der Waals surface area contributed by atoms with Crippen molar-refractivity contribution in [2.45, 2.75) is 64.1 Å². The molecule has 1 aliphatic carbocycles. The molecule has 0 aromatic heterocycles. The number of hydrogen-bond acceptors (Lipinski definition) is 2. The second kappa shape index (κ2) is 5.73. The summed E-state index contributed by atoms with van der Waals surface area (Å²) >= 11 is 0. The van der Waals surface area contributed by atoms with Gasteiger partial charge in [-0.05, 0) is 44.1 Å². The third-order valence-electron chi connectivity index (χ3n) is 6.02. The van der Waals surface area contributed by atoms with E-state index >= 15 is 0 Å². The molecule has 1 aromatic rings. The summed E-state index contributed by atoms with van der Waals surface area (Å²) in [6.45, 7) is 10.6. The predicted octanol–water partition coefficient (Wildman–Crippen LogP) is 3.82. The van der Waals surface area contributed by atoms with Crippen LogP contribution in [0, 0.1) is 5.92 Å². The molecule has 2 nitrogen and oxygen atoms in total. The molecular weight excluding hydrogens is 256 g/mol. The van der Waals surface area contributed by atoms with Gasteiger partial charge in [-0.3, -0.25) is 4.90 Å². The fraction of sp³-hybridized carbons (Fsp3) is 0.684. The molecule has 1 aromatic carbocycles. The Kier molecular flexibility index (Phi) is 4.11. The van der Waals surface area contributed by atoms with Crippen LogP contribution in [0.1, 0.15) is 52.0 Å². The minimum absolute atomic E-state index is 0.322. The maximum atomic E-state index is 3.92. The van der Waals surface area contributed by atoms with Crippen molar-refractivity contribution in [2.24, 2.45) is 5.92 Å². The van der Waals surface area contributed by atoms with Crippen molar-refractivity contribution >= 4 is 0 Å². The molecule has 0 radical (unpaired) electrons. The highest BCUT2D eigenvalue weighted by Crippen LogP contribution is 2.44. The molecule has 1 unspecified atom stereocenters. The van der Waals surface area contributed by atoms with Crippen molar-refractivity contribution in [3.8, 4) is 0 Å². The molecule has 1 heterocycles. The third kappa shape index (κ3) is 2.89. The van der Waals surface area contributed by atoms with Crippen LogP contribution in [0.2, 0.25) is 0 Å².